The summed E-state index contributed by atoms with van der Waals surface area (Å²) in [6.45, 7) is 6.08. The zero-order valence-corrected chi connectivity index (χ0v) is 23.9. The molecule has 204 valence electrons. The molecule has 9 heteroatoms. The number of anilines is 1. The van der Waals surface area contributed by atoms with Crippen molar-refractivity contribution < 1.29 is 14.0 Å². The summed E-state index contributed by atoms with van der Waals surface area (Å²) >= 11 is 7.62. The average Bonchev–Trinajstić information content (AvgIpc) is 3.31. The van der Waals surface area contributed by atoms with Crippen molar-refractivity contribution in [2.24, 2.45) is 4.99 Å². The van der Waals surface area contributed by atoms with Crippen molar-refractivity contribution in [2.45, 2.75) is 39.8 Å². The summed E-state index contributed by atoms with van der Waals surface area (Å²) in [6.07, 6.45) is 0.0856. The van der Waals surface area contributed by atoms with Crippen molar-refractivity contribution in [1.29, 1.82) is 0 Å². The van der Waals surface area contributed by atoms with Gasteiger partial charge in [0.05, 0.1) is 23.7 Å². The van der Waals surface area contributed by atoms with Crippen molar-refractivity contribution in [3.8, 4) is 0 Å². The third kappa shape index (κ3) is 5.98. The van der Waals surface area contributed by atoms with Crippen LogP contribution in [0.15, 0.2) is 94.1 Å². The molecule has 0 unspecified atom stereocenters. The molecule has 3 aromatic carbocycles. The molecule has 1 atom stereocenters. The second-order valence-corrected chi connectivity index (χ2v) is 11.1. The van der Waals surface area contributed by atoms with E-state index in [4.69, 9.17) is 16.6 Å². The molecule has 0 saturated carbocycles. The molecule has 2 amide bonds. The Balaban J connectivity index is 1.42. The van der Waals surface area contributed by atoms with Gasteiger partial charge in [-0.3, -0.25) is 9.59 Å². The highest BCUT2D eigenvalue weighted by Gasteiger charge is 2.40. The van der Waals surface area contributed by atoms with Crippen molar-refractivity contribution >= 4 is 46.0 Å². The van der Waals surface area contributed by atoms with Crippen LogP contribution in [0.5, 0.6) is 0 Å². The minimum absolute atomic E-state index is 0.0856. The smallest absolute Gasteiger partial charge is 0.255 e. The number of aryl methyl sites for hydroxylation is 2. The van der Waals surface area contributed by atoms with E-state index in [1.165, 1.54) is 23.9 Å². The fourth-order valence-corrected chi connectivity index (χ4v) is 5.88. The van der Waals surface area contributed by atoms with Crippen molar-refractivity contribution in [2.75, 3.05) is 5.32 Å². The Morgan fingerprint density at radius 2 is 1.75 bits per heavy atom. The van der Waals surface area contributed by atoms with E-state index in [-0.39, 0.29) is 30.6 Å². The van der Waals surface area contributed by atoms with Gasteiger partial charge in [-0.05, 0) is 73.2 Å². The van der Waals surface area contributed by atoms with E-state index in [1.54, 1.807) is 24.3 Å². The number of halogens is 2. The standard InChI is InChI=1S/C31H28ClFN4O2S/c1-18-4-13-26(19(2)14-18)36-30(39)28-20(3)35-31-37(29(28)22-7-9-23(32)10-8-22)25(17-40-31)15-27(38)34-16-21-5-11-24(33)12-6-21/h4-14,17,29H,15-16H2,1-3H3,(H,34,38)(H,36,39)/t29-/m0/s1. The number of amidine groups is 1. The van der Waals surface area contributed by atoms with Crippen molar-refractivity contribution in [1.82, 2.24) is 10.2 Å². The molecule has 0 aliphatic carbocycles. The van der Waals surface area contributed by atoms with Crippen LogP contribution in [0.3, 0.4) is 0 Å². The highest BCUT2D eigenvalue weighted by Crippen LogP contribution is 2.45. The van der Waals surface area contributed by atoms with E-state index in [0.29, 0.717) is 21.5 Å². The fraction of sp³-hybridized carbons (Fsp3) is 0.194. The monoisotopic (exact) mass is 574 g/mol. The first-order valence-electron chi connectivity index (χ1n) is 12.8. The van der Waals surface area contributed by atoms with Gasteiger partial charge in [0.15, 0.2) is 5.17 Å². The van der Waals surface area contributed by atoms with Crippen LogP contribution in [0.1, 0.15) is 41.6 Å². The number of nitrogens with one attached hydrogen (secondary N) is 2. The van der Waals surface area contributed by atoms with E-state index in [2.05, 4.69) is 10.6 Å². The number of thioether (sulfide) groups is 1. The van der Waals surface area contributed by atoms with Gasteiger partial charge < -0.3 is 15.5 Å². The van der Waals surface area contributed by atoms with E-state index in [0.717, 1.165) is 33.6 Å². The molecule has 3 aromatic rings. The Kier molecular flexibility index (Phi) is 8.09. The molecule has 0 bridgehead atoms. The van der Waals surface area contributed by atoms with Gasteiger partial charge in [0.1, 0.15) is 5.82 Å². The predicted octanol–water partition coefficient (Wildman–Crippen LogP) is 7.02. The molecule has 40 heavy (non-hydrogen) atoms. The molecule has 6 nitrogen and oxygen atoms in total. The van der Waals surface area contributed by atoms with Crippen LogP contribution in [0.25, 0.3) is 0 Å². The largest absolute Gasteiger partial charge is 0.352 e. The molecule has 0 saturated heterocycles. The van der Waals surface area contributed by atoms with E-state index < -0.39 is 6.04 Å². The van der Waals surface area contributed by atoms with Gasteiger partial charge in [-0.15, -0.1) is 0 Å². The molecule has 0 aromatic heterocycles. The number of nitrogens with zero attached hydrogens (tertiary/aromatic N) is 2. The molecule has 0 radical (unpaired) electrons. The minimum Gasteiger partial charge on any atom is -0.352 e. The van der Waals surface area contributed by atoms with E-state index in [1.807, 2.05) is 61.4 Å². The van der Waals surface area contributed by atoms with E-state index in [9.17, 15) is 14.0 Å². The van der Waals surface area contributed by atoms with Crippen LogP contribution in [-0.2, 0) is 16.1 Å². The molecular weight excluding hydrogens is 547 g/mol. The van der Waals surface area contributed by atoms with Crippen LogP contribution in [-0.4, -0.2) is 21.9 Å². The minimum atomic E-state index is -0.512. The Morgan fingerprint density at radius 1 is 1.02 bits per heavy atom. The highest BCUT2D eigenvalue weighted by molar-refractivity contribution is 8.16. The molecule has 2 heterocycles. The zero-order valence-electron chi connectivity index (χ0n) is 22.3. The van der Waals surface area contributed by atoms with Crippen LogP contribution >= 0.6 is 23.4 Å². The van der Waals surface area contributed by atoms with Gasteiger partial charge >= 0.3 is 0 Å². The molecule has 2 N–H and O–H groups in total. The maximum absolute atomic E-state index is 13.8. The number of amides is 2. The summed E-state index contributed by atoms with van der Waals surface area (Å²) in [7, 11) is 0. The lowest BCUT2D eigenvalue weighted by atomic mass is 9.93. The number of hydrogen-bond donors (Lipinski definition) is 2. The Morgan fingerprint density at radius 3 is 2.45 bits per heavy atom. The van der Waals surface area contributed by atoms with Crippen LogP contribution < -0.4 is 10.6 Å². The number of allylic oxidation sites excluding steroid dienone is 1. The summed E-state index contributed by atoms with van der Waals surface area (Å²) < 4.78 is 13.2. The Bertz CT molecular complexity index is 1570. The van der Waals surface area contributed by atoms with E-state index >= 15 is 0 Å². The molecule has 2 aliphatic rings. The summed E-state index contributed by atoms with van der Waals surface area (Å²) in [4.78, 5) is 33.5. The summed E-state index contributed by atoms with van der Waals surface area (Å²) in [5.74, 6) is -0.779. The van der Waals surface area contributed by atoms with Crippen LogP contribution in [0, 0.1) is 19.7 Å². The lowest BCUT2D eigenvalue weighted by Crippen LogP contribution is -2.38. The highest BCUT2D eigenvalue weighted by atomic mass is 35.5. The van der Waals surface area contributed by atoms with Gasteiger partial charge in [0.25, 0.3) is 5.91 Å². The molecule has 0 fully saturated rings. The fourth-order valence-electron chi connectivity index (χ4n) is 4.79. The number of rotatable bonds is 7. The van der Waals surface area contributed by atoms with Gasteiger partial charge in [-0.1, -0.05) is 65.3 Å². The third-order valence-electron chi connectivity index (χ3n) is 6.81. The topological polar surface area (TPSA) is 73.8 Å². The maximum Gasteiger partial charge on any atom is 0.255 e. The molecule has 2 aliphatic heterocycles. The number of carbonyl (C=O) groups is 2. The number of aliphatic imine (C=N–C) groups is 1. The molecule has 5 rings (SSSR count). The third-order valence-corrected chi connectivity index (χ3v) is 7.95. The SMILES string of the molecule is CC1=C(C(=O)Nc2ccc(C)cc2C)[C@H](c2ccc(Cl)cc2)N2C(CC(=O)NCc3ccc(F)cc3)=CSC2=N1. The van der Waals surface area contributed by atoms with Gasteiger partial charge in [0, 0.05) is 23.0 Å². The first-order chi connectivity index (χ1) is 19.2. The summed E-state index contributed by atoms with van der Waals surface area (Å²) in [5, 5.41) is 9.16. The first-order valence-corrected chi connectivity index (χ1v) is 14.0. The van der Waals surface area contributed by atoms with Crippen molar-refractivity contribution in [3.63, 3.8) is 0 Å². The van der Waals surface area contributed by atoms with Crippen LogP contribution in [0.2, 0.25) is 5.02 Å². The lowest BCUT2D eigenvalue weighted by molar-refractivity contribution is -0.120. The predicted molar refractivity (Wildman–Crippen MR) is 159 cm³/mol. The lowest BCUT2D eigenvalue weighted by Gasteiger charge is -2.36. The summed E-state index contributed by atoms with van der Waals surface area (Å²) in [6, 6.07) is 18.7. The normalized spacial score (nSPS) is 16.3. The number of fused-ring (bicyclic) bond motifs is 1. The Hall–Kier alpha value is -3.88. The summed E-state index contributed by atoms with van der Waals surface area (Å²) in [5.41, 5.74) is 6.28. The number of carbonyl (C=O) groups excluding carboxylic acids is 2. The van der Waals surface area contributed by atoms with Gasteiger partial charge in [0.2, 0.25) is 5.91 Å². The van der Waals surface area contributed by atoms with Gasteiger partial charge in [-0.2, -0.15) is 0 Å². The number of benzene rings is 3. The Labute approximate surface area is 242 Å². The quantitative estimate of drug-likeness (QED) is 0.318. The first kappa shape index (κ1) is 27.7. The maximum atomic E-state index is 13.8. The second-order valence-electron chi connectivity index (χ2n) is 9.80. The molecule has 0 spiro atoms. The van der Waals surface area contributed by atoms with Crippen molar-refractivity contribution in [3.05, 3.63) is 122 Å². The average molecular weight is 575 g/mol. The molecular formula is C31H28ClFN4O2S. The zero-order chi connectivity index (χ0) is 28.4. The number of hydrogen-bond acceptors (Lipinski definition) is 5. The second kappa shape index (κ2) is 11.7. The van der Waals surface area contributed by atoms with Crippen LogP contribution in [0.4, 0.5) is 10.1 Å². The van der Waals surface area contributed by atoms with Gasteiger partial charge in [-0.25, -0.2) is 9.38 Å².